The van der Waals surface area contributed by atoms with E-state index < -0.39 is 24.1 Å². The SMILES string of the molecule is C=CCOC(=O)N(CCNC(=O)CCC(=O)O)CCNC(=O)OCC1c2ccccc2-c2ccccc21. The fraction of sp³-hybridized carbons (Fsp3) is 0.333. The zero-order chi connectivity index (χ0) is 26.6. The first kappa shape index (κ1) is 27.3. The molecule has 0 saturated heterocycles. The number of carbonyl (C=O) groups is 4. The van der Waals surface area contributed by atoms with E-state index in [-0.39, 0.29) is 58.2 Å². The highest BCUT2D eigenvalue weighted by Gasteiger charge is 2.29. The first-order chi connectivity index (χ1) is 17.9. The van der Waals surface area contributed by atoms with E-state index in [1.807, 2.05) is 36.4 Å². The monoisotopic (exact) mass is 509 g/mol. The van der Waals surface area contributed by atoms with Gasteiger partial charge in [-0.05, 0) is 22.3 Å². The summed E-state index contributed by atoms with van der Waals surface area (Å²) in [7, 11) is 0. The molecule has 0 aromatic heterocycles. The van der Waals surface area contributed by atoms with Crippen LogP contribution in [0.2, 0.25) is 0 Å². The van der Waals surface area contributed by atoms with Crippen molar-refractivity contribution in [3.05, 3.63) is 72.3 Å². The topological polar surface area (TPSA) is 134 Å². The highest BCUT2D eigenvalue weighted by atomic mass is 16.6. The van der Waals surface area contributed by atoms with Crippen LogP contribution in [0, 0.1) is 0 Å². The number of nitrogens with zero attached hydrogens (tertiary/aromatic N) is 1. The zero-order valence-electron chi connectivity index (χ0n) is 20.5. The quantitative estimate of drug-likeness (QED) is 0.353. The molecule has 0 fully saturated rings. The van der Waals surface area contributed by atoms with Gasteiger partial charge < -0.3 is 30.1 Å². The first-order valence-electron chi connectivity index (χ1n) is 12.0. The summed E-state index contributed by atoms with van der Waals surface area (Å²) in [5.74, 6) is -1.56. The average molecular weight is 510 g/mol. The number of carboxylic acid groups (broad SMARTS) is 1. The average Bonchev–Trinajstić information content (AvgIpc) is 3.22. The number of hydrogen-bond donors (Lipinski definition) is 3. The Morgan fingerprint density at radius 2 is 1.49 bits per heavy atom. The number of ether oxygens (including phenoxy) is 2. The molecule has 0 unspecified atom stereocenters. The predicted octanol–water partition coefficient (Wildman–Crippen LogP) is 3.13. The minimum Gasteiger partial charge on any atom is -0.481 e. The molecule has 3 rings (SSSR count). The summed E-state index contributed by atoms with van der Waals surface area (Å²) in [6.45, 7) is 4.13. The van der Waals surface area contributed by atoms with E-state index in [1.165, 1.54) is 11.0 Å². The summed E-state index contributed by atoms with van der Waals surface area (Å²) in [5.41, 5.74) is 4.49. The van der Waals surface area contributed by atoms with E-state index >= 15 is 0 Å². The molecule has 10 nitrogen and oxygen atoms in total. The Kier molecular flexibility index (Phi) is 10.1. The molecule has 0 atom stereocenters. The van der Waals surface area contributed by atoms with Gasteiger partial charge in [0.2, 0.25) is 5.91 Å². The summed E-state index contributed by atoms with van der Waals surface area (Å²) >= 11 is 0. The molecular formula is C27H31N3O7. The Morgan fingerprint density at radius 3 is 2.08 bits per heavy atom. The van der Waals surface area contributed by atoms with Crippen molar-refractivity contribution in [2.75, 3.05) is 39.4 Å². The number of rotatable bonds is 13. The first-order valence-corrected chi connectivity index (χ1v) is 12.0. The Balaban J connectivity index is 1.47. The molecule has 0 aliphatic heterocycles. The molecular weight excluding hydrogens is 478 g/mol. The third-order valence-corrected chi connectivity index (χ3v) is 5.85. The molecule has 3 N–H and O–H groups in total. The van der Waals surface area contributed by atoms with Gasteiger partial charge in [0.25, 0.3) is 0 Å². The maximum Gasteiger partial charge on any atom is 0.410 e. The molecule has 2 aromatic rings. The summed E-state index contributed by atoms with van der Waals surface area (Å²) in [6, 6.07) is 16.1. The molecule has 2 aromatic carbocycles. The molecule has 0 saturated carbocycles. The molecule has 0 radical (unpaired) electrons. The summed E-state index contributed by atoms with van der Waals surface area (Å²) in [6.07, 6.45) is -0.239. The molecule has 37 heavy (non-hydrogen) atoms. The van der Waals surface area contributed by atoms with Crippen molar-refractivity contribution >= 4 is 24.1 Å². The Hall–Kier alpha value is -4.34. The van der Waals surface area contributed by atoms with Gasteiger partial charge in [-0.2, -0.15) is 0 Å². The van der Waals surface area contributed by atoms with Gasteiger partial charge in [-0.3, -0.25) is 9.59 Å². The van der Waals surface area contributed by atoms with E-state index in [1.54, 1.807) is 0 Å². The number of amides is 3. The molecule has 0 heterocycles. The minimum atomic E-state index is -1.07. The van der Waals surface area contributed by atoms with Crippen molar-refractivity contribution in [2.24, 2.45) is 0 Å². The van der Waals surface area contributed by atoms with E-state index in [0.717, 1.165) is 22.3 Å². The second kappa shape index (κ2) is 13.7. The number of nitrogens with one attached hydrogen (secondary N) is 2. The highest BCUT2D eigenvalue weighted by Crippen LogP contribution is 2.44. The van der Waals surface area contributed by atoms with Crippen molar-refractivity contribution < 1.29 is 33.8 Å². The third-order valence-electron chi connectivity index (χ3n) is 5.85. The van der Waals surface area contributed by atoms with Gasteiger partial charge in [-0.25, -0.2) is 9.59 Å². The van der Waals surface area contributed by atoms with Crippen LogP contribution >= 0.6 is 0 Å². The molecule has 10 heteroatoms. The zero-order valence-corrected chi connectivity index (χ0v) is 20.5. The Labute approximate surface area is 215 Å². The van der Waals surface area contributed by atoms with Gasteiger partial charge in [0, 0.05) is 38.5 Å². The molecule has 3 amide bonds. The van der Waals surface area contributed by atoms with Crippen LogP contribution < -0.4 is 10.6 Å². The summed E-state index contributed by atoms with van der Waals surface area (Å²) in [4.78, 5) is 48.3. The van der Waals surface area contributed by atoms with Crippen LogP contribution in [0.15, 0.2) is 61.2 Å². The summed E-state index contributed by atoms with van der Waals surface area (Å²) in [5, 5.41) is 13.9. The number of aliphatic carboxylic acids is 1. The van der Waals surface area contributed by atoms with Crippen LogP contribution in [0.3, 0.4) is 0 Å². The largest absolute Gasteiger partial charge is 0.481 e. The van der Waals surface area contributed by atoms with Crippen LogP contribution in [-0.4, -0.2) is 73.5 Å². The van der Waals surface area contributed by atoms with Crippen molar-refractivity contribution in [1.82, 2.24) is 15.5 Å². The van der Waals surface area contributed by atoms with Crippen LogP contribution in [-0.2, 0) is 19.1 Å². The molecule has 196 valence electrons. The lowest BCUT2D eigenvalue weighted by molar-refractivity contribution is -0.138. The lowest BCUT2D eigenvalue weighted by Crippen LogP contribution is -2.43. The van der Waals surface area contributed by atoms with Crippen molar-refractivity contribution in [3.8, 4) is 11.1 Å². The van der Waals surface area contributed by atoms with E-state index in [4.69, 9.17) is 14.6 Å². The molecule has 1 aliphatic carbocycles. The van der Waals surface area contributed by atoms with Gasteiger partial charge in [-0.15, -0.1) is 0 Å². The second-order valence-corrected chi connectivity index (χ2v) is 8.35. The number of alkyl carbamates (subject to hydrolysis) is 1. The number of fused-ring (bicyclic) bond motifs is 3. The van der Waals surface area contributed by atoms with Crippen LogP contribution in [0.5, 0.6) is 0 Å². The third kappa shape index (κ3) is 7.83. The van der Waals surface area contributed by atoms with Crippen molar-refractivity contribution in [3.63, 3.8) is 0 Å². The fourth-order valence-corrected chi connectivity index (χ4v) is 4.10. The maximum absolute atomic E-state index is 12.4. The lowest BCUT2D eigenvalue weighted by atomic mass is 9.98. The molecule has 0 spiro atoms. The molecule has 1 aliphatic rings. The van der Waals surface area contributed by atoms with Crippen LogP contribution in [0.4, 0.5) is 9.59 Å². The lowest BCUT2D eigenvalue weighted by Gasteiger charge is -2.22. The number of benzene rings is 2. The Morgan fingerprint density at radius 1 is 0.892 bits per heavy atom. The van der Waals surface area contributed by atoms with Crippen molar-refractivity contribution in [1.29, 1.82) is 0 Å². The van der Waals surface area contributed by atoms with Gasteiger partial charge in [0.05, 0.1) is 6.42 Å². The van der Waals surface area contributed by atoms with Gasteiger partial charge in [0.15, 0.2) is 0 Å². The maximum atomic E-state index is 12.4. The molecule has 0 bridgehead atoms. The van der Waals surface area contributed by atoms with Gasteiger partial charge in [-0.1, -0.05) is 61.2 Å². The van der Waals surface area contributed by atoms with Gasteiger partial charge >= 0.3 is 18.2 Å². The standard InChI is InChI=1S/C27H31N3O7/c1-2-17-36-27(35)30(15-13-28-24(31)11-12-25(32)33)16-14-29-26(34)37-18-23-21-9-5-3-7-19(21)20-8-4-6-10-22(20)23/h2-10,23H,1,11-18H2,(H,28,31)(H,29,34)(H,32,33). The number of carbonyl (C=O) groups excluding carboxylic acids is 3. The van der Waals surface area contributed by atoms with E-state index in [9.17, 15) is 19.2 Å². The van der Waals surface area contributed by atoms with Gasteiger partial charge in [0.1, 0.15) is 13.2 Å². The number of hydrogen-bond acceptors (Lipinski definition) is 6. The normalized spacial score (nSPS) is 11.6. The van der Waals surface area contributed by atoms with Crippen molar-refractivity contribution in [2.45, 2.75) is 18.8 Å². The van der Waals surface area contributed by atoms with Crippen LogP contribution in [0.1, 0.15) is 29.9 Å². The fourth-order valence-electron chi connectivity index (χ4n) is 4.10. The second-order valence-electron chi connectivity index (χ2n) is 8.35. The Bertz CT molecular complexity index is 1090. The number of carboxylic acids is 1. The summed E-state index contributed by atoms with van der Waals surface area (Å²) < 4.78 is 10.6. The predicted molar refractivity (Wildman–Crippen MR) is 136 cm³/mol. The van der Waals surface area contributed by atoms with Crippen LogP contribution in [0.25, 0.3) is 11.1 Å². The smallest absolute Gasteiger partial charge is 0.410 e. The highest BCUT2D eigenvalue weighted by molar-refractivity contribution is 5.81. The van der Waals surface area contributed by atoms with E-state index in [2.05, 4.69) is 29.3 Å². The minimum absolute atomic E-state index is 0.0140. The van der Waals surface area contributed by atoms with E-state index in [0.29, 0.717) is 0 Å².